The van der Waals surface area contributed by atoms with E-state index in [-0.39, 0.29) is 17.8 Å². The van der Waals surface area contributed by atoms with E-state index in [1.54, 1.807) is 0 Å². The van der Waals surface area contributed by atoms with Gasteiger partial charge in [0.2, 0.25) is 5.91 Å². The van der Waals surface area contributed by atoms with Gasteiger partial charge in [0.05, 0.1) is 12.5 Å². The highest BCUT2D eigenvalue weighted by Crippen LogP contribution is 2.22. The quantitative estimate of drug-likeness (QED) is 0.0346. The van der Waals surface area contributed by atoms with Crippen LogP contribution in [-0.4, -0.2) is 36.5 Å². The third-order valence-corrected chi connectivity index (χ3v) is 16.0. The fourth-order valence-corrected chi connectivity index (χ4v) is 10.9. The molecule has 428 valence electrons. The summed E-state index contributed by atoms with van der Waals surface area (Å²) in [5.41, 5.74) is 0. The minimum Gasteiger partial charge on any atom is -0.465 e. The first kappa shape index (κ1) is 70.7. The van der Waals surface area contributed by atoms with E-state index in [9.17, 15) is 9.59 Å². The Morgan fingerprint density at radius 3 is 0.917 bits per heavy atom. The molecule has 1 atom stereocenters. The Kier molecular flexibility index (Phi) is 61.1. The topological polar surface area (TPSA) is 46.6 Å². The molecular formula is C68H133NO3. The SMILES string of the molecule is CCCC/C=C/CCCCCCCCCCCCCCCCCCCCCCCCCCCCCCCCCCC(CC(=O)N(CCCCCCCC)CCCCCCCC)C(=O)OCCCCCCCC. The van der Waals surface area contributed by atoms with Gasteiger partial charge in [0, 0.05) is 19.5 Å². The first-order chi connectivity index (χ1) is 35.6. The fourth-order valence-electron chi connectivity index (χ4n) is 10.9. The van der Waals surface area contributed by atoms with Crippen molar-refractivity contribution in [3.63, 3.8) is 0 Å². The van der Waals surface area contributed by atoms with Crippen molar-refractivity contribution in [2.45, 2.75) is 387 Å². The summed E-state index contributed by atoms with van der Waals surface area (Å²) in [6, 6.07) is 0. The molecule has 0 aliphatic rings. The van der Waals surface area contributed by atoms with Gasteiger partial charge in [0.1, 0.15) is 0 Å². The Balaban J connectivity index is 3.99. The van der Waals surface area contributed by atoms with Gasteiger partial charge >= 0.3 is 5.97 Å². The number of allylic oxidation sites excluding steroid dienone is 2. The van der Waals surface area contributed by atoms with Gasteiger partial charge in [-0.1, -0.05) is 348 Å². The normalized spacial score (nSPS) is 12.1. The van der Waals surface area contributed by atoms with E-state index in [1.165, 1.54) is 308 Å². The molecule has 0 bridgehead atoms. The molecule has 0 aromatic heterocycles. The van der Waals surface area contributed by atoms with Gasteiger partial charge in [-0.2, -0.15) is 0 Å². The van der Waals surface area contributed by atoms with Crippen LogP contribution >= 0.6 is 0 Å². The molecule has 0 aliphatic carbocycles. The summed E-state index contributed by atoms with van der Waals surface area (Å²) in [5.74, 6) is -0.215. The lowest BCUT2D eigenvalue weighted by Crippen LogP contribution is -2.35. The van der Waals surface area contributed by atoms with Crippen LogP contribution in [0.3, 0.4) is 0 Å². The molecule has 0 aromatic rings. The number of carbonyl (C=O) groups excluding carboxylic acids is 2. The summed E-state index contributed by atoms with van der Waals surface area (Å²) in [7, 11) is 0. The van der Waals surface area contributed by atoms with E-state index in [1.807, 2.05) is 0 Å². The van der Waals surface area contributed by atoms with Gasteiger partial charge in [-0.05, 0) is 44.9 Å². The van der Waals surface area contributed by atoms with Crippen LogP contribution in [0.1, 0.15) is 387 Å². The van der Waals surface area contributed by atoms with E-state index in [4.69, 9.17) is 4.74 Å². The van der Waals surface area contributed by atoms with Crippen LogP contribution in [0.15, 0.2) is 12.2 Å². The number of rotatable bonds is 62. The predicted octanol–water partition coefficient (Wildman–Crippen LogP) is 23.5. The Hall–Kier alpha value is -1.32. The van der Waals surface area contributed by atoms with E-state index in [2.05, 4.69) is 44.7 Å². The second kappa shape index (κ2) is 62.2. The van der Waals surface area contributed by atoms with E-state index in [0.717, 1.165) is 58.0 Å². The zero-order chi connectivity index (χ0) is 52.2. The largest absolute Gasteiger partial charge is 0.465 e. The highest BCUT2D eigenvalue weighted by molar-refractivity contribution is 5.83. The number of carbonyl (C=O) groups is 2. The maximum absolute atomic E-state index is 13.9. The predicted molar refractivity (Wildman–Crippen MR) is 321 cm³/mol. The molecule has 0 rings (SSSR count). The Morgan fingerprint density at radius 2 is 0.583 bits per heavy atom. The first-order valence-electron chi connectivity index (χ1n) is 33.7. The lowest BCUT2D eigenvalue weighted by atomic mass is 9.96. The van der Waals surface area contributed by atoms with Gasteiger partial charge in [0.25, 0.3) is 0 Å². The van der Waals surface area contributed by atoms with Crippen LogP contribution in [0.2, 0.25) is 0 Å². The minimum atomic E-state index is -0.290. The van der Waals surface area contributed by atoms with Gasteiger partial charge in [-0.3, -0.25) is 9.59 Å². The van der Waals surface area contributed by atoms with Crippen molar-refractivity contribution >= 4 is 11.9 Å². The summed E-state index contributed by atoms with van der Waals surface area (Å²) in [6.45, 7) is 11.3. The first-order valence-corrected chi connectivity index (χ1v) is 33.7. The molecule has 0 saturated heterocycles. The van der Waals surface area contributed by atoms with E-state index < -0.39 is 0 Å². The molecule has 0 fully saturated rings. The highest BCUT2D eigenvalue weighted by atomic mass is 16.5. The molecule has 0 N–H and O–H groups in total. The zero-order valence-electron chi connectivity index (χ0n) is 50.1. The van der Waals surface area contributed by atoms with Gasteiger partial charge in [0.15, 0.2) is 0 Å². The second-order valence-corrected chi connectivity index (χ2v) is 23.3. The molecule has 0 saturated carbocycles. The molecule has 0 aliphatic heterocycles. The zero-order valence-corrected chi connectivity index (χ0v) is 50.1. The van der Waals surface area contributed by atoms with Gasteiger partial charge in [-0.15, -0.1) is 0 Å². The Morgan fingerprint density at radius 1 is 0.319 bits per heavy atom. The summed E-state index contributed by atoms with van der Waals surface area (Å²) >= 11 is 0. The summed E-state index contributed by atoms with van der Waals surface area (Å²) in [5, 5.41) is 0. The Labute approximate surface area is 454 Å². The number of hydrogen-bond donors (Lipinski definition) is 0. The van der Waals surface area contributed by atoms with E-state index in [0.29, 0.717) is 13.0 Å². The maximum Gasteiger partial charge on any atom is 0.309 e. The lowest BCUT2D eigenvalue weighted by molar-refractivity contribution is -0.152. The molecule has 1 amide bonds. The van der Waals surface area contributed by atoms with Gasteiger partial charge in [-0.25, -0.2) is 0 Å². The minimum absolute atomic E-state index is 0.114. The standard InChI is InChI=1S/C68H133NO3/c1-5-9-13-17-21-22-23-24-25-26-27-28-29-30-31-32-33-34-35-36-37-38-39-40-41-42-43-44-45-46-47-48-49-50-51-52-53-57-61-66(68(71)72-64-60-56-20-16-12-8-4)65-67(70)69(62-58-54-18-14-10-6-2)63-59-55-19-15-11-7-3/h17,21,66H,5-16,18-20,22-65H2,1-4H3/b21-17+. The van der Waals surface area contributed by atoms with Crippen molar-refractivity contribution < 1.29 is 14.3 Å². The molecule has 0 spiro atoms. The monoisotopic (exact) mass is 1010 g/mol. The number of amides is 1. The molecule has 4 heteroatoms. The molecule has 0 radical (unpaired) electrons. The third-order valence-electron chi connectivity index (χ3n) is 16.0. The average molecular weight is 1010 g/mol. The third kappa shape index (κ3) is 54.9. The molecule has 0 heterocycles. The average Bonchev–Trinajstić information content (AvgIpc) is 3.38. The maximum atomic E-state index is 13.9. The van der Waals surface area contributed by atoms with Crippen LogP contribution in [0.4, 0.5) is 0 Å². The smallest absolute Gasteiger partial charge is 0.309 e. The number of nitrogens with zero attached hydrogens (tertiary/aromatic N) is 1. The number of esters is 1. The van der Waals surface area contributed by atoms with Crippen LogP contribution in [0, 0.1) is 5.92 Å². The van der Waals surface area contributed by atoms with Crippen LogP contribution in [0.25, 0.3) is 0 Å². The number of hydrogen-bond acceptors (Lipinski definition) is 3. The van der Waals surface area contributed by atoms with Gasteiger partial charge < -0.3 is 9.64 Å². The summed E-state index contributed by atoms with van der Waals surface area (Å²) in [4.78, 5) is 29.5. The van der Waals surface area contributed by atoms with E-state index >= 15 is 0 Å². The van der Waals surface area contributed by atoms with Crippen molar-refractivity contribution in [2.75, 3.05) is 19.7 Å². The number of unbranched alkanes of at least 4 members (excludes halogenated alkanes) is 49. The Bertz CT molecular complexity index is 1060. The van der Waals surface area contributed by atoms with Crippen molar-refractivity contribution in [3.05, 3.63) is 12.2 Å². The molecule has 1 unspecified atom stereocenters. The van der Waals surface area contributed by atoms with Crippen molar-refractivity contribution in [1.29, 1.82) is 0 Å². The molecular weight excluding hydrogens is 879 g/mol. The van der Waals surface area contributed by atoms with Crippen LogP contribution in [-0.2, 0) is 14.3 Å². The molecule has 0 aromatic carbocycles. The highest BCUT2D eigenvalue weighted by Gasteiger charge is 2.26. The molecule has 4 nitrogen and oxygen atoms in total. The van der Waals surface area contributed by atoms with Crippen molar-refractivity contribution in [1.82, 2.24) is 4.90 Å². The second-order valence-electron chi connectivity index (χ2n) is 23.3. The fraction of sp³-hybridized carbons (Fsp3) is 0.941. The number of ether oxygens (including phenoxy) is 1. The lowest BCUT2D eigenvalue weighted by Gasteiger charge is -2.25. The molecule has 72 heavy (non-hydrogen) atoms. The summed E-state index contributed by atoms with van der Waals surface area (Å²) < 4.78 is 5.88. The van der Waals surface area contributed by atoms with Crippen LogP contribution < -0.4 is 0 Å². The van der Waals surface area contributed by atoms with Crippen molar-refractivity contribution in [2.24, 2.45) is 5.92 Å². The summed E-state index contributed by atoms with van der Waals surface area (Å²) in [6.07, 6.45) is 78.3. The van der Waals surface area contributed by atoms with Crippen LogP contribution in [0.5, 0.6) is 0 Å². The van der Waals surface area contributed by atoms with Crippen molar-refractivity contribution in [3.8, 4) is 0 Å².